The molecule has 0 spiro atoms. The molecule has 1 aromatic rings. The summed E-state index contributed by atoms with van der Waals surface area (Å²) in [5, 5.41) is -0.0533. The number of benzene rings is 1. The third kappa shape index (κ3) is 7.34. The zero-order valence-corrected chi connectivity index (χ0v) is 15.0. The smallest absolute Gasteiger partial charge is 0.341 e. The molecule has 0 aliphatic heterocycles. The Bertz CT molecular complexity index is 476. The molecule has 1 atom stereocenters. The van der Waals surface area contributed by atoms with E-state index in [-0.39, 0.29) is 16.7 Å². The summed E-state index contributed by atoms with van der Waals surface area (Å²) in [5.41, 5.74) is -0.0819. The van der Waals surface area contributed by atoms with Gasteiger partial charge in [-0.25, -0.2) is 9.18 Å². The lowest BCUT2D eigenvalue weighted by atomic mass is 10.0. The van der Waals surface area contributed by atoms with Crippen LogP contribution in [0.1, 0.15) is 82.0 Å². The first-order valence-electron chi connectivity index (χ1n) is 8.75. The molecular weight excluding hydrogens is 315 g/mol. The average Bonchev–Trinajstić information content (AvgIpc) is 2.53. The SMILES string of the molecule is CCCCCCCCC(CCC)OC(=O)c1cccc(Cl)c1F. The Labute approximate surface area is 144 Å². The molecule has 4 heteroatoms. The quantitative estimate of drug-likeness (QED) is 0.336. The molecular formula is C19H28ClFO2. The summed E-state index contributed by atoms with van der Waals surface area (Å²) in [7, 11) is 0. The lowest BCUT2D eigenvalue weighted by Gasteiger charge is -2.17. The first kappa shape index (κ1) is 20.0. The zero-order valence-electron chi connectivity index (χ0n) is 14.2. The molecule has 0 aromatic heterocycles. The van der Waals surface area contributed by atoms with Gasteiger partial charge in [0.05, 0.1) is 10.6 Å². The average molecular weight is 343 g/mol. The van der Waals surface area contributed by atoms with Crippen LogP contribution in [-0.4, -0.2) is 12.1 Å². The summed E-state index contributed by atoms with van der Waals surface area (Å²) in [5.74, 6) is -1.32. The number of ether oxygens (including phenoxy) is 1. The van der Waals surface area contributed by atoms with E-state index >= 15 is 0 Å². The fraction of sp³-hybridized carbons (Fsp3) is 0.632. The fourth-order valence-corrected chi connectivity index (χ4v) is 2.79. The van der Waals surface area contributed by atoms with Gasteiger partial charge in [-0.3, -0.25) is 0 Å². The Balaban J connectivity index is 2.48. The van der Waals surface area contributed by atoms with Crippen LogP contribution in [0.4, 0.5) is 4.39 Å². The predicted octanol–water partition coefficient (Wildman–Crippen LogP) is 6.56. The van der Waals surface area contributed by atoms with Crippen molar-refractivity contribution in [3.63, 3.8) is 0 Å². The summed E-state index contributed by atoms with van der Waals surface area (Å²) in [6, 6.07) is 4.40. The monoisotopic (exact) mass is 342 g/mol. The molecule has 0 saturated heterocycles. The number of unbranched alkanes of at least 4 members (excludes halogenated alkanes) is 5. The topological polar surface area (TPSA) is 26.3 Å². The van der Waals surface area contributed by atoms with Crippen LogP contribution in [0.2, 0.25) is 5.02 Å². The minimum atomic E-state index is -0.700. The van der Waals surface area contributed by atoms with Gasteiger partial charge in [0.1, 0.15) is 6.10 Å². The summed E-state index contributed by atoms with van der Waals surface area (Å²) in [4.78, 5) is 12.2. The second-order valence-electron chi connectivity index (χ2n) is 5.97. The van der Waals surface area contributed by atoms with Crippen LogP contribution in [0.3, 0.4) is 0 Å². The number of halogens is 2. The standard InChI is InChI=1S/C19H28ClFO2/c1-3-5-6-7-8-9-12-15(11-4-2)23-19(22)16-13-10-14-17(20)18(16)21/h10,13-15H,3-9,11-12H2,1-2H3. The largest absolute Gasteiger partial charge is 0.459 e. The summed E-state index contributed by atoms with van der Waals surface area (Å²) in [6.07, 6.45) is 9.65. The number of carbonyl (C=O) groups excluding carboxylic acids is 1. The lowest BCUT2D eigenvalue weighted by molar-refractivity contribution is 0.0248. The van der Waals surface area contributed by atoms with E-state index in [1.807, 2.05) is 0 Å². The van der Waals surface area contributed by atoms with Crippen molar-refractivity contribution in [1.82, 2.24) is 0 Å². The van der Waals surface area contributed by atoms with Gasteiger partial charge in [0, 0.05) is 0 Å². The van der Waals surface area contributed by atoms with Crippen LogP contribution in [0.15, 0.2) is 18.2 Å². The van der Waals surface area contributed by atoms with E-state index in [9.17, 15) is 9.18 Å². The van der Waals surface area contributed by atoms with E-state index in [2.05, 4.69) is 13.8 Å². The number of hydrogen-bond acceptors (Lipinski definition) is 2. The van der Waals surface area contributed by atoms with Gasteiger partial charge >= 0.3 is 5.97 Å². The molecule has 1 rings (SSSR count). The molecule has 1 aromatic carbocycles. The van der Waals surface area contributed by atoms with Crippen LogP contribution in [0, 0.1) is 5.82 Å². The molecule has 0 radical (unpaired) electrons. The molecule has 130 valence electrons. The van der Waals surface area contributed by atoms with Crippen molar-refractivity contribution in [2.45, 2.75) is 77.7 Å². The van der Waals surface area contributed by atoms with Crippen molar-refractivity contribution in [2.24, 2.45) is 0 Å². The van der Waals surface area contributed by atoms with Crippen LogP contribution >= 0.6 is 11.6 Å². The molecule has 1 unspecified atom stereocenters. The summed E-state index contributed by atoms with van der Waals surface area (Å²) < 4.78 is 19.4. The second kappa shape index (κ2) is 11.4. The van der Waals surface area contributed by atoms with Gasteiger partial charge in [0.15, 0.2) is 5.82 Å². The van der Waals surface area contributed by atoms with Gasteiger partial charge in [0.2, 0.25) is 0 Å². The highest BCUT2D eigenvalue weighted by Gasteiger charge is 2.19. The lowest BCUT2D eigenvalue weighted by Crippen LogP contribution is -2.19. The van der Waals surface area contributed by atoms with Crippen molar-refractivity contribution >= 4 is 17.6 Å². The molecule has 0 aliphatic rings. The molecule has 23 heavy (non-hydrogen) atoms. The Kier molecular flexibility index (Phi) is 9.93. The molecule has 2 nitrogen and oxygen atoms in total. The van der Waals surface area contributed by atoms with Crippen molar-refractivity contribution in [1.29, 1.82) is 0 Å². The van der Waals surface area contributed by atoms with E-state index in [1.54, 1.807) is 6.07 Å². The van der Waals surface area contributed by atoms with E-state index in [0.717, 1.165) is 32.1 Å². The van der Waals surface area contributed by atoms with Gasteiger partial charge in [-0.05, 0) is 31.4 Å². The number of esters is 1. The Morgan fingerprint density at radius 1 is 1.09 bits per heavy atom. The van der Waals surface area contributed by atoms with E-state index in [0.29, 0.717) is 0 Å². The predicted molar refractivity (Wildman–Crippen MR) is 93.5 cm³/mol. The first-order valence-corrected chi connectivity index (χ1v) is 9.12. The highest BCUT2D eigenvalue weighted by Crippen LogP contribution is 2.21. The van der Waals surface area contributed by atoms with Crippen LogP contribution in [-0.2, 0) is 4.74 Å². The third-order valence-electron chi connectivity index (χ3n) is 3.94. The van der Waals surface area contributed by atoms with Gasteiger partial charge in [-0.2, -0.15) is 0 Å². The highest BCUT2D eigenvalue weighted by molar-refractivity contribution is 6.31. The van der Waals surface area contributed by atoms with Crippen molar-refractivity contribution < 1.29 is 13.9 Å². The Hall–Kier alpha value is -1.09. The number of carbonyl (C=O) groups is 1. The number of hydrogen-bond donors (Lipinski definition) is 0. The molecule has 0 saturated carbocycles. The van der Waals surface area contributed by atoms with Crippen molar-refractivity contribution in [3.05, 3.63) is 34.6 Å². The minimum absolute atomic E-state index is 0.0533. The summed E-state index contributed by atoms with van der Waals surface area (Å²) in [6.45, 7) is 4.26. The van der Waals surface area contributed by atoms with E-state index in [1.165, 1.54) is 37.8 Å². The first-order chi connectivity index (χ1) is 11.1. The zero-order chi connectivity index (χ0) is 17.1. The van der Waals surface area contributed by atoms with Gasteiger partial charge in [-0.15, -0.1) is 0 Å². The van der Waals surface area contributed by atoms with Crippen molar-refractivity contribution in [3.8, 4) is 0 Å². The Morgan fingerprint density at radius 2 is 1.78 bits per heavy atom. The molecule has 0 amide bonds. The van der Waals surface area contributed by atoms with Crippen LogP contribution < -0.4 is 0 Å². The maximum absolute atomic E-state index is 13.9. The van der Waals surface area contributed by atoms with Crippen LogP contribution in [0.5, 0.6) is 0 Å². The molecule has 0 N–H and O–H groups in total. The molecule has 0 bridgehead atoms. The van der Waals surface area contributed by atoms with Gasteiger partial charge < -0.3 is 4.74 Å². The van der Waals surface area contributed by atoms with Crippen LogP contribution in [0.25, 0.3) is 0 Å². The Morgan fingerprint density at radius 3 is 2.48 bits per heavy atom. The highest BCUT2D eigenvalue weighted by atomic mass is 35.5. The van der Waals surface area contributed by atoms with E-state index < -0.39 is 11.8 Å². The fourth-order valence-electron chi connectivity index (χ4n) is 2.61. The third-order valence-corrected chi connectivity index (χ3v) is 4.23. The second-order valence-corrected chi connectivity index (χ2v) is 6.38. The maximum atomic E-state index is 13.9. The van der Waals surface area contributed by atoms with Crippen molar-refractivity contribution in [2.75, 3.05) is 0 Å². The normalized spacial score (nSPS) is 12.2. The minimum Gasteiger partial charge on any atom is -0.459 e. The maximum Gasteiger partial charge on any atom is 0.341 e. The summed E-state index contributed by atoms with van der Waals surface area (Å²) >= 11 is 5.72. The molecule has 0 fully saturated rings. The molecule has 0 aliphatic carbocycles. The van der Waals surface area contributed by atoms with Gasteiger partial charge in [0.25, 0.3) is 0 Å². The molecule has 0 heterocycles. The van der Waals surface area contributed by atoms with Gasteiger partial charge in [-0.1, -0.05) is 70.0 Å². The van der Waals surface area contributed by atoms with E-state index in [4.69, 9.17) is 16.3 Å². The number of rotatable bonds is 11.